The van der Waals surface area contributed by atoms with Crippen LogP contribution in [0.15, 0.2) is 35.1 Å². The number of aliphatic carboxylic acids is 1. The summed E-state index contributed by atoms with van der Waals surface area (Å²) in [7, 11) is 0. The summed E-state index contributed by atoms with van der Waals surface area (Å²) in [5, 5.41) is 9.05. The van der Waals surface area contributed by atoms with E-state index in [1.807, 2.05) is 0 Å². The Bertz CT molecular complexity index is 946. The van der Waals surface area contributed by atoms with E-state index in [4.69, 9.17) is 9.84 Å². The third-order valence-electron chi connectivity index (χ3n) is 4.59. The van der Waals surface area contributed by atoms with Gasteiger partial charge in [0.2, 0.25) is 0 Å². The highest BCUT2D eigenvalue weighted by molar-refractivity contribution is 9.10. The lowest BCUT2D eigenvalue weighted by molar-refractivity contribution is -0.138. The van der Waals surface area contributed by atoms with Crippen LogP contribution in [0.1, 0.15) is 50.1 Å². The van der Waals surface area contributed by atoms with Crippen molar-refractivity contribution in [3.05, 3.63) is 57.8 Å². The summed E-state index contributed by atoms with van der Waals surface area (Å²) in [6.45, 7) is 5.33. The highest BCUT2D eigenvalue weighted by atomic mass is 79.9. The Kier molecular flexibility index (Phi) is 6.40. The van der Waals surface area contributed by atoms with Gasteiger partial charge < -0.3 is 9.84 Å². The van der Waals surface area contributed by atoms with Crippen molar-refractivity contribution in [1.29, 1.82) is 0 Å². The zero-order valence-electron chi connectivity index (χ0n) is 16.9. The molecule has 7 nitrogen and oxygen atoms in total. The number of hydrogen-bond acceptors (Lipinski definition) is 5. The van der Waals surface area contributed by atoms with Crippen LogP contribution in [-0.2, 0) is 22.6 Å². The maximum Gasteiger partial charge on any atom is 0.410 e. The van der Waals surface area contributed by atoms with E-state index < -0.39 is 29.4 Å². The molecular weight excluding hydrogens is 457 g/mol. The monoisotopic (exact) mass is 479 g/mol. The Morgan fingerprint density at radius 2 is 2.00 bits per heavy atom. The molecule has 1 heterocycles. The quantitative estimate of drug-likeness (QED) is 0.655. The van der Waals surface area contributed by atoms with Gasteiger partial charge in [-0.1, -0.05) is 15.9 Å². The number of amides is 1. The third kappa shape index (κ3) is 5.75. The minimum Gasteiger partial charge on any atom is -0.481 e. The second-order valence-electron chi connectivity index (χ2n) is 8.29. The predicted octanol–water partition coefficient (Wildman–Crippen LogP) is 4.50. The lowest BCUT2D eigenvalue weighted by Crippen LogP contribution is -2.36. The van der Waals surface area contributed by atoms with Gasteiger partial charge in [0.15, 0.2) is 0 Å². The second kappa shape index (κ2) is 8.67. The first kappa shape index (κ1) is 22.1. The Morgan fingerprint density at radius 3 is 2.57 bits per heavy atom. The minimum atomic E-state index is -0.835. The number of rotatable bonds is 6. The Morgan fingerprint density at radius 1 is 1.27 bits per heavy atom. The number of carboxylic acid groups (broad SMARTS) is 1. The number of aromatic nitrogens is 2. The predicted molar refractivity (Wildman–Crippen MR) is 110 cm³/mol. The summed E-state index contributed by atoms with van der Waals surface area (Å²) in [6.07, 6.45) is 3.01. The van der Waals surface area contributed by atoms with Crippen LogP contribution in [0.2, 0.25) is 0 Å². The van der Waals surface area contributed by atoms with E-state index in [-0.39, 0.29) is 19.0 Å². The van der Waals surface area contributed by atoms with E-state index in [0.717, 1.165) is 0 Å². The standard InChI is InChI=1S/C21H23BrFN3O4/c1-21(2,3)30-20(29)26(10-12-6-13(22)4-5-17(12)23)11-14-8-25-18(9-24-14)15-7-16(15)19(27)28/h4-6,8-9,15-16H,7,10-11H2,1-3H3,(H,27,28)/t15-,16-/m0/s1. The number of carbonyl (C=O) groups is 2. The SMILES string of the molecule is CC(C)(C)OC(=O)N(Cc1cnc([C@H]2C[C@@H]2C(=O)O)cn1)Cc1cc(Br)ccc1F. The normalized spacial score (nSPS) is 18.0. The van der Waals surface area contributed by atoms with Gasteiger partial charge in [0.05, 0.1) is 36.6 Å². The molecule has 1 aromatic heterocycles. The van der Waals surface area contributed by atoms with Crippen LogP contribution in [0.25, 0.3) is 0 Å². The number of ether oxygens (including phenoxy) is 1. The summed E-state index contributed by atoms with van der Waals surface area (Å²) < 4.78 is 20.4. The molecule has 1 N–H and O–H groups in total. The van der Waals surface area contributed by atoms with E-state index in [9.17, 15) is 14.0 Å². The summed E-state index contributed by atoms with van der Waals surface area (Å²) in [6, 6.07) is 4.53. The fourth-order valence-corrected chi connectivity index (χ4v) is 3.42. The van der Waals surface area contributed by atoms with Crippen molar-refractivity contribution in [3.8, 4) is 0 Å². The van der Waals surface area contributed by atoms with Crippen molar-refractivity contribution in [3.63, 3.8) is 0 Å². The maximum absolute atomic E-state index is 14.2. The molecule has 1 saturated carbocycles. The van der Waals surface area contributed by atoms with E-state index in [1.54, 1.807) is 32.9 Å². The molecule has 0 spiro atoms. The molecular formula is C21H23BrFN3O4. The molecule has 160 valence electrons. The molecule has 1 aliphatic carbocycles. The Hall–Kier alpha value is -2.55. The van der Waals surface area contributed by atoms with E-state index in [0.29, 0.717) is 27.8 Å². The van der Waals surface area contributed by atoms with E-state index in [2.05, 4.69) is 25.9 Å². The van der Waals surface area contributed by atoms with Gasteiger partial charge >= 0.3 is 12.1 Å². The largest absolute Gasteiger partial charge is 0.481 e. The van der Waals surface area contributed by atoms with Crippen molar-refractivity contribution in [2.75, 3.05) is 0 Å². The van der Waals surface area contributed by atoms with Gasteiger partial charge in [0, 0.05) is 22.2 Å². The van der Waals surface area contributed by atoms with Gasteiger partial charge in [-0.2, -0.15) is 0 Å². The lowest BCUT2D eigenvalue weighted by atomic mass is 10.2. The lowest BCUT2D eigenvalue weighted by Gasteiger charge is -2.27. The highest BCUT2D eigenvalue weighted by Crippen LogP contribution is 2.46. The van der Waals surface area contributed by atoms with Gasteiger partial charge in [-0.05, 0) is 45.4 Å². The summed E-state index contributed by atoms with van der Waals surface area (Å²) >= 11 is 3.32. The van der Waals surface area contributed by atoms with Crippen LogP contribution in [0, 0.1) is 11.7 Å². The van der Waals surface area contributed by atoms with Crippen molar-refractivity contribution in [1.82, 2.24) is 14.9 Å². The zero-order valence-corrected chi connectivity index (χ0v) is 18.5. The zero-order chi connectivity index (χ0) is 22.1. The molecule has 0 aliphatic heterocycles. The molecule has 2 atom stereocenters. The molecule has 1 aliphatic rings. The molecule has 1 fully saturated rings. The molecule has 1 amide bonds. The van der Waals surface area contributed by atoms with E-state index >= 15 is 0 Å². The first-order valence-electron chi connectivity index (χ1n) is 9.49. The van der Waals surface area contributed by atoms with Crippen molar-refractivity contribution >= 4 is 28.0 Å². The molecule has 2 aromatic rings. The fourth-order valence-electron chi connectivity index (χ4n) is 3.01. The third-order valence-corrected chi connectivity index (χ3v) is 5.08. The van der Waals surface area contributed by atoms with Gasteiger partial charge in [-0.3, -0.25) is 19.7 Å². The molecule has 3 rings (SSSR count). The van der Waals surface area contributed by atoms with Crippen molar-refractivity contribution < 1.29 is 23.8 Å². The van der Waals surface area contributed by atoms with Crippen molar-refractivity contribution in [2.24, 2.45) is 5.92 Å². The van der Waals surface area contributed by atoms with Crippen molar-refractivity contribution in [2.45, 2.75) is 51.8 Å². The molecule has 9 heteroatoms. The molecule has 0 saturated heterocycles. The molecule has 0 bridgehead atoms. The van der Waals surface area contributed by atoms with Crippen LogP contribution in [0.5, 0.6) is 0 Å². The van der Waals surface area contributed by atoms with Gasteiger partial charge in [-0.15, -0.1) is 0 Å². The van der Waals surface area contributed by atoms with Gasteiger partial charge in [0.1, 0.15) is 11.4 Å². The number of halogens is 2. The number of carboxylic acids is 1. The first-order chi connectivity index (χ1) is 14.0. The Balaban J connectivity index is 1.77. The molecule has 1 aromatic carbocycles. The maximum atomic E-state index is 14.2. The topological polar surface area (TPSA) is 92.6 Å². The second-order valence-corrected chi connectivity index (χ2v) is 9.21. The molecule has 30 heavy (non-hydrogen) atoms. The number of hydrogen-bond donors (Lipinski definition) is 1. The average Bonchev–Trinajstić information content (AvgIpc) is 3.44. The highest BCUT2D eigenvalue weighted by Gasteiger charge is 2.45. The number of carbonyl (C=O) groups excluding carboxylic acids is 1. The summed E-state index contributed by atoms with van der Waals surface area (Å²) in [5.41, 5.74) is 0.737. The smallest absolute Gasteiger partial charge is 0.410 e. The molecule has 0 radical (unpaired) electrons. The average molecular weight is 480 g/mol. The summed E-state index contributed by atoms with van der Waals surface area (Å²) in [5.74, 6) is -1.80. The van der Waals surface area contributed by atoms with Crippen LogP contribution in [0.4, 0.5) is 9.18 Å². The van der Waals surface area contributed by atoms with Crippen LogP contribution in [-0.4, -0.2) is 37.6 Å². The first-order valence-corrected chi connectivity index (χ1v) is 10.3. The minimum absolute atomic E-state index is 0.00662. The Labute approximate surface area is 182 Å². The number of benzene rings is 1. The number of nitrogens with zero attached hydrogens (tertiary/aromatic N) is 3. The van der Waals surface area contributed by atoms with Crippen LogP contribution < -0.4 is 0 Å². The molecule has 0 unspecified atom stereocenters. The van der Waals surface area contributed by atoms with Gasteiger partial charge in [0.25, 0.3) is 0 Å². The summed E-state index contributed by atoms with van der Waals surface area (Å²) in [4.78, 5) is 33.8. The van der Waals surface area contributed by atoms with Crippen LogP contribution in [0.3, 0.4) is 0 Å². The fraction of sp³-hybridized carbons (Fsp3) is 0.429. The van der Waals surface area contributed by atoms with Crippen LogP contribution >= 0.6 is 15.9 Å². The van der Waals surface area contributed by atoms with E-state index in [1.165, 1.54) is 23.4 Å². The van der Waals surface area contributed by atoms with Gasteiger partial charge in [-0.25, -0.2) is 9.18 Å².